The molecular weight excluding hydrogens is 138 g/mol. The molecule has 0 amide bonds. The second-order valence-electron chi connectivity index (χ2n) is 3.52. The van der Waals surface area contributed by atoms with Crippen molar-refractivity contribution in [3.8, 4) is 0 Å². The molecule has 11 heavy (non-hydrogen) atoms. The normalized spacial score (nSPS) is 39.3. The second kappa shape index (κ2) is 3.52. The van der Waals surface area contributed by atoms with E-state index < -0.39 is 0 Å². The molecule has 2 saturated heterocycles. The van der Waals surface area contributed by atoms with E-state index in [1.165, 1.54) is 19.5 Å². The van der Waals surface area contributed by atoms with Crippen molar-refractivity contribution in [3.05, 3.63) is 0 Å². The maximum atomic E-state index is 3.56. The minimum atomic E-state index is 0.721. The van der Waals surface area contributed by atoms with Crippen LogP contribution in [0.15, 0.2) is 0 Å². The first-order valence-corrected chi connectivity index (χ1v) is 4.61. The third-order valence-electron chi connectivity index (χ3n) is 2.74. The molecule has 3 heteroatoms. The van der Waals surface area contributed by atoms with Gasteiger partial charge in [0.15, 0.2) is 0 Å². The van der Waals surface area contributed by atoms with Crippen LogP contribution in [-0.4, -0.2) is 38.8 Å². The predicted octanol–water partition coefficient (Wildman–Crippen LogP) is -0.843. The number of hydrogen-bond acceptors (Lipinski definition) is 3. The Morgan fingerprint density at radius 3 is 2.45 bits per heavy atom. The van der Waals surface area contributed by atoms with Crippen molar-refractivity contribution < 1.29 is 0 Å². The Hall–Kier alpha value is -0.120. The fraction of sp³-hybridized carbons (Fsp3) is 1.00. The molecule has 2 atom stereocenters. The summed E-state index contributed by atoms with van der Waals surface area (Å²) in [6.45, 7) is 5.85. The van der Waals surface area contributed by atoms with Crippen LogP contribution in [0.5, 0.6) is 0 Å². The fourth-order valence-corrected chi connectivity index (χ4v) is 2.03. The van der Waals surface area contributed by atoms with Crippen LogP contribution >= 0.6 is 0 Å². The maximum Gasteiger partial charge on any atom is 0.0233 e. The summed E-state index contributed by atoms with van der Waals surface area (Å²) in [4.78, 5) is 0. The lowest BCUT2D eigenvalue weighted by Crippen LogP contribution is -2.52. The molecule has 2 heterocycles. The van der Waals surface area contributed by atoms with Gasteiger partial charge in [-0.1, -0.05) is 0 Å². The molecule has 0 aromatic rings. The molecule has 64 valence electrons. The molecule has 2 aliphatic heterocycles. The van der Waals surface area contributed by atoms with Gasteiger partial charge in [-0.15, -0.1) is 0 Å². The van der Waals surface area contributed by atoms with Gasteiger partial charge in [-0.25, -0.2) is 0 Å². The molecule has 0 aliphatic carbocycles. The van der Waals surface area contributed by atoms with Crippen molar-refractivity contribution in [2.75, 3.05) is 32.7 Å². The zero-order valence-electron chi connectivity index (χ0n) is 6.90. The highest BCUT2D eigenvalue weighted by atomic mass is 15.1. The average Bonchev–Trinajstić information content (AvgIpc) is 2.58. The molecule has 0 radical (unpaired) electrons. The van der Waals surface area contributed by atoms with Crippen molar-refractivity contribution in [1.82, 2.24) is 16.0 Å². The Bertz CT molecular complexity index is 115. The Morgan fingerprint density at radius 1 is 0.909 bits per heavy atom. The average molecular weight is 155 g/mol. The SMILES string of the molecule is C1CC(C2CNCCN2)CN1. The van der Waals surface area contributed by atoms with E-state index in [-0.39, 0.29) is 0 Å². The summed E-state index contributed by atoms with van der Waals surface area (Å²) < 4.78 is 0. The van der Waals surface area contributed by atoms with E-state index in [2.05, 4.69) is 16.0 Å². The molecule has 3 nitrogen and oxygen atoms in total. The number of rotatable bonds is 1. The van der Waals surface area contributed by atoms with Gasteiger partial charge in [-0.3, -0.25) is 0 Å². The van der Waals surface area contributed by atoms with Crippen molar-refractivity contribution in [3.63, 3.8) is 0 Å². The molecule has 0 bridgehead atoms. The first-order chi connectivity index (χ1) is 5.47. The van der Waals surface area contributed by atoms with Gasteiger partial charge in [0.1, 0.15) is 0 Å². The van der Waals surface area contributed by atoms with Gasteiger partial charge in [0, 0.05) is 25.7 Å². The highest BCUT2D eigenvalue weighted by Crippen LogP contribution is 2.12. The highest BCUT2D eigenvalue weighted by Gasteiger charge is 2.25. The minimum absolute atomic E-state index is 0.721. The van der Waals surface area contributed by atoms with E-state index in [4.69, 9.17) is 0 Å². The molecule has 2 aliphatic rings. The zero-order valence-corrected chi connectivity index (χ0v) is 6.90. The van der Waals surface area contributed by atoms with Gasteiger partial charge in [-0.2, -0.15) is 0 Å². The summed E-state index contributed by atoms with van der Waals surface area (Å²) >= 11 is 0. The largest absolute Gasteiger partial charge is 0.316 e. The lowest BCUT2D eigenvalue weighted by atomic mass is 9.98. The topological polar surface area (TPSA) is 36.1 Å². The monoisotopic (exact) mass is 155 g/mol. The van der Waals surface area contributed by atoms with Crippen molar-refractivity contribution in [2.24, 2.45) is 5.92 Å². The quantitative estimate of drug-likeness (QED) is 0.462. The fourth-order valence-electron chi connectivity index (χ4n) is 2.03. The molecule has 0 saturated carbocycles. The van der Waals surface area contributed by atoms with Gasteiger partial charge in [0.05, 0.1) is 0 Å². The van der Waals surface area contributed by atoms with E-state index in [9.17, 15) is 0 Å². The van der Waals surface area contributed by atoms with Gasteiger partial charge in [0.25, 0.3) is 0 Å². The second-order valence-corrected chi connectivity index (χ2v) is 3.52. The summed E-state index contributed by atoms with van der Waals surface area (Å²) in [5, 5.41) is 10.4. The minimum Gasteiger partial charge on any atom is -0.316 e. The van der Waals surface area contributed by atoms with Crippen molar-refractivity contribution in [2.45, 2.75) is 12.5 Å². The van der Waals surface area contributed by atoms with Gasteiger partial charge in [0.2, 0.25) is 0 Å². The molecule has 3 N–H and O–H groups in total. The summed E-state index contributed by atoms with van der Waals surface area (Å²) in [6, 6.07) is 0.721. The van der Waals surface area contributed by atoms with Gasteiger partial charge < -0.3 is 16.0 Å². The maximum absolute atomic E-state index is 3.56. The lowest BCUT2D eigenvalue weighted by Gasteiger charge is -2.28. The molecule has 0 aromatic heterocycles. The van der Waals surface area contributed by atoms with Crippen LogP contribution in [0.3, 0.4) is 0 Å². The number of piperazine rings is 1. The molecule has 0 aromatic carbocycles. The Balaban J connectivity index is 1.82. The molecule has 2 fully saturated rings. The van der Waals surface area contributed by atoms with Crippen LogP contribution in [0.1, 0.15) is 6.42 Å². The van der Waals surface area contributed by atoms with Crippen LogP contribution in [-0.2, 0) is 0 Å². The molecular formula is C8H17N3. The third-order valence-corrected chi connectivity index (χ3v) is 2.74. The summed E-state index contributed by atoms with van der Waals surface area (Å²) in [6.07, 6.45) is 1.35. The first kappa shape index (κ1) is 7.53. The van der Waals surface area contributed by atoms with Crippen molar-refractivity contribution >= 4 is 0 Å². The standard InChI is InChI=1S/C8H17N3/c1-2-9-5-7(1)8-6-10-3-4-11-8/h7-11H,1-6H2. The third kappa shape index (κ3) is 1.72. The summed E-state index contributed by atoms with van der Waals surface area (Å²) in [5.41, 5.74) is 0. The van der Waals surface area contributed by atoms with Crippen molar-refractivity contribution in [1.29, 1.82) is 0 Å². The first-order valence-electron chi connectivity index (χ1n) is 4.61. The number of nitrogens with one attached hydrogen (secondary N) is 3. The molecule has 2 unspecified atom stereocenters. The Labute approximate surface area is 67.9 Å². The van der Waals surface area contributed by atoms with Gasteiger partial charge >= 0.3 is 0 Å². The van der Waals surface area contributed by atoms with E-state index in [0.717, 1.165) is 31.6 Å². The van der Waals surface area contributed by atoms with E-state index in [1.807, 2.05) is 0 Å². The van der Waals surface area contributed by atoms with Crippen LogP contribution < -0.4 is 16.0 Å². The Kier molecular flexibility index (Phi) is 2.41. The Morgan fingerprint density at radius 2 is 1.82 bits per heavy atom. The van der Waals surface area contributed by atoms with Crippen LogP contribution in [0.25, 0.3) is 0 Å². The van der Waals surface area contributed by atoms with Crippen LogP contribution in [0, 0.1) is 5.92 Å². The van der Waals surface area contributed by atoms with Gasteiger partial charge in [-0.05, 0) is 25.4 Å². The highest BCUT2D eigenvalue weighted by molar-refractivity contribution is 4.86. The van der Waals surface area contributed by atoms with Crippen LogP contribution in [0.2, 0.25) is 0 Å². The molecule has 0 spiro atoms. The lowest BCUT2D eigenvalue weighted by molar-refractivity contribution is 0.325. The smallest absolute Gasteiger partial charge is 0.0233 e. The zero-order chi connectivity index (χ0) is 7.52. The van der Waals surface area contributed by atoms with Crippen LogP contribution in [0.4, 0.5) is 0 Å². The summed E-state index contributed by atoms with van der Waals surface area (Å²) in [7, 11) is 0. The van der Waals surface area contributed by atoms with E-state index >= 15 is 0 Å². The van der Waals surface area contributed by atoms with E-state index in [1.54, 1.807) is 0 Å². The van der Waals surface area contributed by atoms with E-state index in [0.29, 0.717) is 0 Å². The predicted molar refractivity (Wildman–Crippen MR) is 45.6 cm³/mol. The number of hydrogen-bond donors (Lipinski definition) is 3. The summed E-state index contributed by atoms with van der Waals surface area (Å²) in [5.74, 6) is 0.864. The molecule has 2 rings (SSSR count).